The summed E-state index contributed by atoms with van der Waals surface area (Å²) in [5.74, 6) is -0.0203. The van der Waals surface area contributed by atoms with E-state index < -0.39 is 17.8 Å². The fourth-order valence-electron chi connectivity index (χ4n) is 3.96. The van der Waals surface area contributed by atoms with E-state index in [1.165, 1.54) is 6.07 Å². The van der Waals surface area contributed by atoms with Crippen molar-refractivity contribution >= 4 is 12.0 Å². The fourth-order valence-corrected chi connectivity index (χ4v) is 3.96. The zero-order valence-electron chi connectivity index (χ0n) is 17.5. The highest BCUT2D eigenvalue weighted by molar-refractivity contribution is 5.78. The number of ether oxygens (including phenoxy) is 1. The Labute approximate surface area is 178 Å². The second kappa shape index (κ2) is 9.82. The van der Waals surface area contributed by atoms with E-state index in [9.17, 15) is 22.8 Å². The minimum absolute atomic E-state index is 0.0209. The first-order valence-corrected chi connectivity index (χ1v) is 10.4. The third kappa shape index (κ3) is 6.79. The van der Waals surface area contributed by atoms with Crippen molar-refractivity contribution in [2.45, 2.75) is 76.5 Å². The minimum atomic E-state index is -4.45. The highest BCUT2D eigenvalue weighted by atomic mass is 19.4. The van der Waals surface area contributed by atoms with Crippen molar-refractivity contribution in [2.24, 2.45) is 5.92 Å². The number of rotatable bonds is 6. The van der Waals surface area contributed by atoms with E-state index in [0.29, 0.717) is 12.3 Å². The van der Waals surface area contributed by atoms with Gasteiger partial charge in [0.2, 0.25) is 5.91 Å². The van der Waals surface area contributed by atoms with Gasteiger partial charge in [-0.15, -0.1) is 0 Å². The average Bonchev–Trinajstić information content (AvgIpc) is 3.30. The number of amides is 2. The molecule has 0 bridgehead atoms. The molecule has 1 aliphatic heterocycles. The Hall–Kier alpha value is -2.40. The smallest absolute Gasteiger partial charge is 0.417 e. The van der Waals surface area contributed by atoms with E-state index in [-0.39, 0.29) is 42.4 Å². The van der Waals surface area contributed by atoms with Crippen LogP contribution >= 0.6 is 0 Å². The predicted molar refractivity (Wildman–Crippen MR) is 105 cm³/mol. The molecule has 8 nitrogen and oxygen atoms in total. The van der Waals surface area contributed by atoms with Crippen molar-refractivity contribution in [3.63, 3.8) is 0 Å². The molecule has 2 aliphatic rings. The summed E-state index contributed by atoms with van der Waals surface area (Å²) in [6, 6.07) is 2.27. The number of aromatic nitrogens is 1. The Balaban J connectivity index is 1.41. The number of alkyl carbamates (subject to hydrolysis) is 1. The van der Waals surface area contributed by atoms with Crippen LogP contribution in [0.2, 0.25) is 0 Å². The van der Waals surface area contributed by atoms with Crippen LogP contribution in [0, 0.1) is 5.92 Å². The van der Waals surface area contributed by atoms with Gasteiger partial charge in [-0.3, -0.25) is 15.2 Å². The van der Waals surface area contributed by atoms with Gasteiger partial charge < -0.3 is 15.4 Å². The van der Waals surface area contributed by atoms with E-state index in [0.717, 1.165) is 31.5 Å². The number of hydrogen-bond donors (Lipinski definition) is 4. The molecule has 2 fully saturated rings. The van der Waals surface area contributed by atoms with E-state index in [2.05, 4.69) is 26.5 Å². The highest BCUT2D eigenvalue weighted by Gasteiger charge is 2.37. The van der Waals surface area contributed by atoms with Crippen LogP contribution in [-0.2, 0) is 22.1 Å². The highest BCUT2D eigenvalue weighted by Crippen LogP contribution is 2.33. The van der Waals surface area contributed by atoms with Gasteiger partial charge in [0.15, 0.2) is 0 Å². The van der Waals surface area contributed by atoms with E-state index in [1.54, 1.807) is 0 Å². The Bertz CT molecular complexity index is 772. The van der Waals surface area contributed by atoms with Crippen LogP contribution in [0.15, 0.2) is 18.3 Å². The van der Waals surface area contributed by atoms with Gasteiger partial charge in [0.05, 0.1) is 18.2 Å². The molecule has 2 amide bonds. The molecule has 1 saturated carbocycles. The van der Waals surface area contributed by atoms with Crippen LogP contribution in [0.1, 0.15) is 50.8 Å². The second-order valence-electron chi connectivity index (χ2n) is 8.36. The predicted octanol–water partition coefficient (Wildman–Crippen LogP) is 2.25. The van der Waals surface area contributed by atoms with Gasteiger partial charge in [0, 0.05) is 24.0 Å². The van der Waals surface area contributed by atoms with E-state index in [1.807, 2.05) is 13.8 Å². The molecule has 1 aromatic heterocycles. The monoisotopic (exact) mass is 443 g/mol. The van der Waals surface area contributed by atoms with Gasteiger partial charge in [0.25, 0.3) is 0 Å². The van der Waals surface area contributed by atoms with Gasteiger partial charge in [0.1, 0.15) is 6.10 Å². The van der Waals surface area contributed by atoms with Crippen molar-refractivity contribution < 1.29 is 27.5 Å². The molecule has 0 spiro atoms. The molecule has 4 atom stereocenters. The maximum absolute atomic E-state index is 12.6. The van der Waals surface area contributed by atoms with Gasteiger partial charge in [-0.05, 0) is 57.6 Å². The molecule has 11 heteroatoms. The maximum atomic E-state index is 12.6. The van der Waals surface area contributed by atoms with Crippen LogP contribution in [0.25, 0.3) is 0 Å². The molecule has 4 N–H and O–H groups in total. The first-order chi connectivity index (χ1) is 14.6. The number of carbonyl (C=O) groups excluding carboxylic acids is 2. The summed E-state index contributed by atoms with van der Waals surface area (Å²) in [5, 5.41) is 5.54. The van der Waals surface area contributed by atoms with Crippen LogP contribution in [-0.4, -0.2) is 41.3 Å². The molecular weight excluding hydrogens is 415 g/mol. The zero-order valence-corrected chi connectivity index (χ0v) is 17.5. The first-order valence-electron chi connectivity index (χ1n) is 10.4. The number of nitrogens with one attached hydrogen (secondary N) is 4. The molecule has 1 saturated heterocycles. The Morgan fingerprint density at radius 2 is 2.00 bits per heavy atom. The lowest BCUT2D eigenvalue weighted by Crippen LogP contribution is -2.45. The number of carbonyl (C=O) groups is 2. The standard InChI is InChI=1S/C20H28F3N5O3/c1-11(2)25-19(30)31-15-6-3-12(7-15)16-9-17(28-27-16)26-18(29)8-14-5-4-13(10-24-14)20(21,22)23/h4-5,10-12,15-17,27-28H,3,6-9H2,1-2H3,(H,25,30)(H,26,29)/t12-,15+,16?,17?/m0/s1. The average molecular weight is 443 g/mol. The SMILES string of the molecule is CC(C)NC(=O)O[C@@H]1CC[C@H](C2CC(NC(=O)Cc3ccc(C(F)(F)F)cn3)NN2)C1. The normalized spacial score (nSPS) is 26.1. The third-order valence-corrected chi connectivity index (χ3v) is 5.44. The summed E-state index contributed by atoms with van der Waals surface area (Å²) in [6.07, 6.45) is -1.53. The molecule has 0 aromatic carbocycles. The summed E-state index contributed by atoms with van der Waals surface area (Å²) in [7, 11) is 0. The molecule has 172 valence electrons. The minimum Gasteiger partial charge on any atom is -0.446 e. The van der Waals surface area contributed by atoms with E-state index in [4.69, 9.17) is 4.74 Å². The van der Waals surface area contributed by atoms with Crippen LogP contribution in [0.5, 0.6) is 0 Å². The van der Waals surface area contributed by atoms with Crippen molar-refractivity contribution in [2.75, 3.05) is 0 Å². The van der Waals surface area contributed by atoms with Crippen molar-refractivity contribution in [3.05, 3.63) is 29.6 Å². The van der Waals surface area contributed by atoms with Crippen LogP contribution < -0.4 is 21.5 Å². The number of alkyl halides is 3. The number of nitrogens with zero attached hydrogens (tertiary/aromatic N) is 1. The summed E-state index contributed by atoms with van der Waals surface area (Å²) in [6.45, 7) is 3.74. The van der Waals surface area contributed by atoms with Crippen molar-refractivity contribution in [1.82, 2.24) is 26.5 Å². The second-order valence-corrected chi connectivity index (χ2v) is 8.36. The number of hydrogen-bond acceptors (Lipinski definition) is 6. The molecule has 2 heterocycles. The number of halogens is 3. The Morgan fingerprint density at radius 3 is 2.65 bits per heavy atom. The topological polar surface area (TPSA) is 104 Å². The molecule has 2 unspecified atom stereocenters. The number of hydrazine groups is 1. The Kier molecular flexibility index (Phi) is 7.37. The van der Waals surface area contributed by atoms with Crippen molar-refractivity contribution in [1.29, 1.82) is 0 Å². The number of pyridine rings is 1. The van der Waals surface area contributed by atoms with Gasteiger partial charge in [-0.25, -0.2) is 10.2 Å². The van der Waals surface area contributed by atoms with Gasteiger partial charge in [-0.2, -0.15) is 13.2 Å². The lowest BCUT2D eigenvalue weighted by atomic mass is 9.96. The van der Waals surface area contributed by atoms with Gasteiger partial charge >= 0.3 is 12.3 Å². The molecule has 1 aliphatic carbocycles. The van der Waals surface area contributed by atoms with Gasteiger partial charge in [-0.1, -0.05) is 0 Å². The Morgan fingerprint density at radius 1 is 1.23 bits per heavy atom. The first kappa shape index (κ1) is 23.3. The summed E-state index contributed by atoms with van der Waals surface area (Å²) >= 11 is 0. The largest absolute Gasteiger partial charge is 0.446 e. The summed E-state index contributed by atoms with van der Waals surface area (Å²) in [4.78, 5) is 27.7. The zero-order chi connectivity index (χ0) is 22.6. The lowest BCUT2D eigenvalue weighted by molar-refractivity contribution is -0.137. The maximum Gasteiger partial charge on any atom is 0.417 e. The van der Waals surface area contributed by atoms with Crippen LogP contribution in [0.3, 0.4) is 0 Å². The molecule has 0 radical (unpaired) electrons. The quantitative estimate of drug-likeness (QED) is 0.538. The third-order valence-electron chi connectivity index (χ3n) is 5.44. The van der Waals surface area contributed by atoms with E-state index >= 15 is 0 Å². The van der Waals surface area contributed by atoms with Crippen LogP contribution in [0.4, 0.5) is 18.0 Å². The fraction of sp³-hybridized carbons (Fsp3) is 0.650. The molecule has 31 heavy (non-hydrogen) atoms. The summed E-state index contributed by atoms with van der Waals surface area (Å²) < 4.78 is 43.2. The summed E-state index contributed by atoms with van der Waals surface area (Å²) in [5.41, 5.74) is 5.65. The molecular formula is C20H28F3N5O3. The molecule has 3 rings (SSSR count). The molecule has 1 aromatic rings. The van der Waals surface area contributed by atoms with Crippen molar-refractivity contribution in [3.8, 4) is 0 Å². The lowest BCUT2D eigenvalue weighted by Gasteiger charge is -2.18.